The Balaban J connectivity index is 1.69. The molecular formula is C21H12Br2N2O6. The Bertz CT molecular complexity index is 1180. The summed E-state index contributed by atoms with van der Waals surface area (Å²) in [6, 6.07) is 7.07. The van der Waals surface area contributed by atoms with Gasteiger partial charge in [0, 0.05) is 6.07 Å². The van der Waals surface area contributed by atoms with E-state index in [1.54, 1.807) is 18.2 Å². The van der Waals surface area contributed by atoms with Crippen LogP contribution in [0.25, 0.3) is 6.08 Å². The number of rotatable bonds is 4. The van der Waals surface area contributed by atoms with E-state index in [-0.39, 0.29) is 24.7 Å². The number of carbonyl (C=O) groups is 3. The van der Waals surface area contributed by atoms with E-state index in [9.17, 15) is 14.4 Å². The molecule has 2 heterocycles. The van der Waals surface area contributed by atoms with Crippen molar-refractivity contribution in [3.8, 4) is 29.6 Å². The topological polar surface area (TPSA) is 94.2 Å². The first kappa shape index (κ1) is 21.0. The van der Waals surface area contributed by atoms with Crippen molar-refractivity contribution in [2.24, 2.45) is 0 Å². The SMILES string of the molecule is C#CCOc1c(Br)cc(/C=C2\C(=O)NC(=O)N(c3ccc4c(c3)OCO4)C2=O)cc1Br. The molecule has 0 spiro atoms. The van der Waals surface area contributed by atoms with Crippen LogP contribution in [0.1, 0.15) is 5.56 Å². The van der Waals surface area contributed by atoms with Crippen LogP contribution in [0.4, 0.5) is 10.5 Å². The second-order valence-electron chi connectivity index (χ2n) is 6.30. The summed E-state index contributed by atoms with van der Waals surface area (Å²) < 4.78 is 17.1. The van der Waals surface area contributed by atoms with Crippen molar-refractivity contribution in [3.63, 3.8) is 0 Å². The second kappa shape index (κ2) is 8.45. The maximum Gasteiger partial charge on any atom is 0.335 e. The molecule has 0 atom stereocenters. The highest BCUT2D eigenvalue weighted by Gasteiger charge is 2.37. The normalized spacial score (nSPS) is 16.4. The average molecular weight is 548 g/mol. The first-order valence-corrected chi connectivity index (χ1v) is 10.3. The number of ether oxygens (including phenoxy) is 3. The molecule has 1 saturated heterocycles. The van der Waals surface area contributed by atoms with Gasteiger partial charge >= 0.3 is 6.03 Å². The van der Waals surface area contributed by atoms with Crippen molar-refractivity contribution in [1.29, 1.82) is 0 Å². The van der Waals surface area contributed by atoms with Crippen molar-refractivity contribution >= 4 is 61.5 Å². The molecule has 1 N–H and O–H groups in total. The lowest BCUT2D eigenvalue weighted by Crippen LogP contribution is -2.54. The van der Waals surface area contributed by atoms with Crippen molar-refractivity contribution in [2.45, 2.75) is 0 Å². The minimum Gasteiger partial charge on any atom is -0.479 e. The standard InChI is InChI=1S/C21H12Br2N2O6/c1-2-5-29-18-14(22)7-11(8-15(18)23)6-13-19(26)24-21(28)25(20(13)27)12-3-4-16-17(9-12)31-10-30-16/h1,3-4,6-9H,5,10H2,(H,24,26,28)/b13-6+. The van der Waals surface area contributed by atoms with E-state index in [1.807, 2.05) is 0 Å². The molecule has 156 valence electrons. The fraction of sp³-hybridized carbons (Fsp3) is 0.0952. The third-order valence-electron chi connectivity index (χ3n) is 4.35. The van der Waals surface area contributed by atoms with Crippen LogP contribution in [0, 0.1) is 12.3 Å². The number of urea groups is 1. The molecule has 1 fully saturated rings. The second-order valence-corrected chi connectivity index (χ2v) is 8.01. The van der Waals surface area contributed by atoms with Crippen molar-refractivity contribution < 1.29 is 28.6 Å². The zero-order valence-corrected chi connectivity index (χ0v) is 18.8. The van der Waals surface area contributed by atoms with Gasteiger partial charge in [0.1, 0.15) is 17.9 Å². The van der Waals surface area contributed by atoms with E-state index < -0.39 is 17.8 Å². The summed E-state index contributed by atoms with van der Waals surface area (Å²) in [4.78, 5) is 38.7. The Kier molecular flexibility index (Phi) is 5.71. The number of imide groups is 2. The third kappa shape index (κ3) is 4.02. The fourth-order valence-corrected chi connectivity index (χ4v) is 4.45. The number of anilines is 1. The molecule has 2 aliphatic heterocycles. The molecular weight excluding hydrogens is 536 g/mol. The molecule has 2 aromatic carbocycles. The van der Waals surface area contributed by atoms with Gasteiger partial charge in [-0.3, -0.25) is 14.9 Å². The van der Waals surface area contributed by atoms with Gasteiger partial charge in [-0.25, -0.2) is 9.69 Å². The number of nitrogens with zero attached hydrogens (tertiary/aromatic N) is 1. The van der Waals surface area contributed by atoms with Crippen LogP contribution in [0.3, 0.4) is 0 Å². The van der Waals surface area contributed by atoms with Gasteiger partial charge in [0.25, 0.3) is 11.8 Å². The minimum absolute atomic E-state index is 0.0490. The van der Waals surface area contributed by atoms with E-state index in [0.717, 1.165) is 4.90 Å². The predicted molar refractivity (Wildman–Crippen MR) is 118 cm³/mol. The number of hydrogen-bond acceptors (Lipinski definition) is 6. The summed E-state index contributed by atoms with van der Waals surface area (Å²) in [5.41, 5.74) is 0.546. The number of benzene rings is 2. The van der Waals surface area contributed by atoms with E-state index in [4.69, 9.17) is 20.6 Å². The Morgan fingerprint density at radius 2 is 1.84 bits per heavy atom. The Hall–Kier alpha value is -3.29. The number of fused-ring (bicyclic) bond motifs is 1. The monoisotopic (exact) mass is 546 g/mol. The Morgan fingerprint density at radius 3 is 2.55 bits per heavy atom. The highest BCUT2D eigenvalue weighted by molar-refractivity contribution is 9.11. The van der Waals surface area contributed by atoms with Gasteiger partial charge in [-0.05, 0) is 67.8 Å². The average Bonchev–Trinajstić information content (AvgIpc) is 3.18. The van der Waals surface area contributed by atoms with Gasteiger partial charge in [0.15, 0.2) is 11.5 Å². The Labute approximate surface area is 193 Å². The zero-order valence-electron chi connectivity index (χ0n) is 15.6. The molecule has 0 aromatic heterocycles. The fourth-order valence-electron chi connectivity index (χ4n) is 3.00. The number of halogens is 2. The van der Waals surface area contributed by atoms with E-state index in [0.29, 0.717) is 31.8 Å². The maximum absolute atomic E-state index is 13.1. The summed E-state index contributed by atoms with van der Waals surface area (Å²) in [5, 5.41) is 2.18. The first-order valence-electron chi connectivity index (χ1n) is 8.75. The number of nitrogens with one attached hydrogen (secondary N) is 1. The van der Waals surface area contributed by atoms with E-state index in [1.165, 1.54) is 18.2 Å². The maximum atomic E-state index is 13.1. The molecule has 0 aliphatic carbocycles. The van der Waals surface area contributed by atoms with Crippen LogP contribution in [-0.4, -0.2) is 31.2 Å². The minimum atomic E-state index is -0.855. The van der Waals surface area contributed by atoms with Gasteiger partial charge in [-0.2, -0.15) is 0 Å². The lowest BCUT2D eigenvalue weighted by Gasteiger charge is -2.26. The molecule has 4 amide bonds. The van der Waals surface area contributed by atoms with E-state index >= 15 is 0 Å². The third-order valence-corrected chi connectivity index (χ3v) is 5.53. The largest absolute Gasteiger partial charge is 0.479 e. The molecule has 0 saturated carbocycles. The lowest BCUT2D eigenvalue weighted by molar-refractivity contribution is -0.122. The zero-order chi connectivity index (χ0) is 22.1. The van der Waals surface area contributed by atoms with Crippen molar-refractivity contribution in [3.05, 3.63) is 50.4 Å². The van der Waals surface area contributed by atoms with Crippen LogP contribution in [0.15, 0.2) is 44.9 Å². The lowest BCUT2D eigenvalue weighted by atomic mass is 10.1. The quantitative estimate of drug-likeness (QED) is 0.357. The van der Waals surface area contributed by atoms with Crippen LogP contribution >= 0.6 is 31.9 Å². The summed E-state index contributed by atoms with van der Waals surface area (Å²) in [6.45, 7) is 0.124. The smallest absolute Gasteiger partial charge is 0.335 e. The molecule has 31 heavy (non-hydrogen) atoms. The summed E-state index contributed by atoms with van der Waals surface area (Å²) >= 11 is 6.76. The van der Waals surface area contributed by atoms with Gasteiger partial charge < -0.3 is 14.2 Å². The van der Waals surface area contributed by atoms with Crippen LogP contribution in [-0.2, 0) is 9.59 Å². The number of barbiturate groups is 1. The van der Waals surface area contributed by atoms with Gasteiger partial charge in [0.05, 0.1) is 14.6 Å². The molecule has 0 radical (unpaired) electrons. The number of hydrogen-bond donors (Lipinski definition) is 1. The molecule has 10 heteroatoms. The van der Waals surface area contributed by atoms with E-state index in [2.05, 4.69) is 43.1 Å². The van der Waals surface area contributed by atoms with Crippen LogP contribution in [0.2, 0.25) is 0 Å². The highest BCUT2D eigenvalue weighted by Crippen LogP contribution is 2.37. The summed E-state index contributed by atoms with van der Waals surface area (Å²) in [5.74, 6) is 2.19. The molecule has 8 nitrogen and oxygen atoms in total. The predicted octanol–water partition coefficient (Wildman–Crippen LogP) is 3.62. The van der Waals surface area contributed by atoms with Crippen LogP contribution in [0.5, 0.6) is 17.2 Å². The van der Waals surface area contributed by atoms with Gasteiger partial charge in [-0.15, -0.1) is 6.42 Å². The molecule has 2 aliphatic rings. The van der Waals surface area contributed by atoms with Crippen molar-refractivity contribution in [2.75, 3.05) is 18.3 Å². The Morgan fingerprint density at radius 1 is 1.13 bits per heavy atom. The first-order chi connectivity index (χ1) is 14.9. The van der Waals surface area contributed by atoms with Crippen LogP contribution < -0.4 is 24.4 Å². The van der Waals surface area contributed by atoms with Gasteiger partial charge in [-0.1, -0.05) is 5.92 Å². The molecule has 2 aromatic rings. The molecule has 0 bridgehead atoms. The number of carbonyl (C=O) groups excluding carboxylic acids is 3. The molecule has 0 unspecified atom stereocenters. The summed E-state index contributed by atoms with van der Waals surface area (Å²) in [6.07, 6.45) is 6.60. The van der Waals surface area contributed by atoms with Gasteiger partial charge in [0.2, 0.25) is 6.79 Å². The highest BCUT2D eigenvalue weighted by atomic mass is 79.9. The summed E-state index contributed by atoms with van der Waals surface area (Å²) in [7, 11) is 0. The number of terminal acetylenes is 1. The molecule has 4 rings (SSSR count). The number of amides is 4. The van der Waals surface area contributed by atoms with Crippen molar-refractivity contribution in [1.82, 2.24) is 5.32 Å².